The Morgan fingerprint density at radius 1 is 0.647 bits per heavy atom. The van der Waals surface area contributed by atoms with Gasteiger partial charge in [0.25, 0.3) is 0 Å². The van der Waals surface area contributed by atoms with Gasteiger partial charge in [0.2, 0.25) is 0 Å². The smallest absolute Gasteiger partial charge is 0.314 e. The van der Waals surface area contributed by atoms with E-state index in [1.54, 1.807) is 0 Å². The Bertz CT molecular complexity index is 1140. The van der Waals surface area contributed by atoms with Gasteiger partial charge in [-0.1, -0.05) is 36.4 Å². The second-order valence-electron chi connectivity index (χ2n) is 10.8. The van der Waals surface area contributed by atoms with Crippen LogP contribution in [0.5, 0.6) is 5.75 Å². The fourth-order valence-electron chi connectivity index (χ4n) is 8.19. The molecule has 4 bridgehead atoms. The zero-order valence-corrected chi connectivity index (χ0v) is 20.2. The first-order valence-electron chi connectivity index (χ1n) is 12.9. The molecule has 3 heteroatoms. The number of ether oxygens (including phenoxy) is 1. The molecular weight excluding hydrogens is 436 g/mol. The summed E-state index contributed by atoms with van der Waals surface area (Å²) < 4.78 is 5.99. The highest BCUT2D eigenvalue weighted by Crippen LogP contribution is 2.68. The first-order chi connectivity index (χ1) is 16.8. The standard InChI is InChI=1S/C31H31O2S/c32-31(28-19-22-18-27(28)30-21-12-11-20(17-21)29(22)30)33-23-13-15-26(16-14-23)34(24-7-3-1-4-8-24)25-9-5-2-6-10-25/h1-10,13-16,20-22,27-30H,11-12,17-19H2/q+1. The monoisotopic (exact) mass is 467 g/mol. The molecule has 3 aromatic carbocycles. The van der Waals surface area contributed by atoms with Crippen molar-refractivity contribution in [2.75, 3.05) is 0 Å². The van der Waals surface area contributed by atoms with Crippen LogP contribution in [0.1, 0.15) is 32.1 Å². The van der Waals surface area contributed by atoms with Crippen molar-refractivity contribution < 1.29 is 9.53 Å². The Hall–Kier alpha value is -2.52. The summed E-state index contributed by atoms with van der Waals surface area (Å²) in [5.41, 5.74) is 0. The fourth-order valence-corrected chi connectivity index (χ4v) is 10.3. The predicted octanol–water partition coefficient (Wildman–Crippen LogP) is 7.01. The lowest BCUT2D eigenvalue weighted by Crippen LogP contribution is -2.37. The van der Waals surface area contributed by atoms with Crippen LogP contribution in [0.4, 0.5) is 0 Å². The zero-order chi connectivity index (χ0) is 22.6. The van der Waals surface area contributed by atoms with E-state index in [4.69, 9.17) is 4.74 Å². The molecule has 4 aliphatic carbocycles. The molecule has 0 spiro atoms. The molecule has 34 heavy (non-hydrogen) atoms. The van der Waals surface area contributed by atoms with Crippen LogP contribution in [0.15, 0.2) is 99.6 Å². The van der Waals surface area contributed by atoms with Gasteiger partial charge >= 0.3 is 5.97 Å². The number of fused-ring (bicyclic) bond motifs is 9. The summed E-state index contributed by atoms with van der Waals surface area (Å²) >= 11 is 0. The summed E-state index contributed by atoms with van der Waals surface area (Å²) in [5.74, 6) is 5.80. The third-order valence-electron chi connectivity index (χ3n) is 9.27. The van der Waals surface area contributed by atoms with Crippen LogP contribution in [0, 0.1) is 41.4 Å². The SMILES string of the molecule is O=C(Oc1ccc([S+](c2ccccc2)c2ccccc2)cc1)C1CC2CC1C1C3CCC(C3)C21. The van der Waals surface area contributed by atoms with Crippen molar-refractivity contribution >= 4 is 16.9 Å². The molecule has 3 aromatic rings. The van der Waals surface area contributed by atoms with Crippen LogP contribution in [-0.4, -0.2) is 5.97 Å². The van der Waals surface area contributed by atoms with Crippen molar-refractivity contribution in [2.24, 2.45) is 41.4 Å². The van der Waals surface area contributed by atoms with E-state index in [0.717, 1.165) is 36.0 Å². The number of carbonyl (C=O) groups is 1. The van der Waals surface area contributed by atoms with Gasteiger partial charge in [-0.2, -0.15) is 0 Å². The van der Waals surface area contributed by atoms with E-state index in [-0.39, 0.29) is 22.8 Å². The predicted molar refractivity (Wildman–Crippen MR) is 135 cm³/mol. The molecule has 0 amide bonds. The lowest BCUT2D eigenvalue weighted by Gasteiger charge is -2.37. The molecule has 4 fully saturated rings. The maximum Gasteiger partial charge on any atom is 0.314 e. The second kappa shape index (κ2) is 8.30. The van der Waals surface area contributed by atoms with Gasteiger partial charge in [-0.15, -0.1) is 0 Å². The molecule has 2 nitrogen and oxygen atoms in total. The Morgan fingerprint density at radius 2 is 1.24 bits per heavy atom. The van der Waals surface area contributed by atoms with Gasteiger partial charge in [-0.3, -0.25) is 4.79 Å². The summed E-state index contributed by atoms with van der Waals surface area (Å²) in [6, 6.07) is 29.6. The number of hydrogen-bond acceptors (Lipinski definition) is 2. The van der Waals surface area contributed by atoms with Crippen LogP contribution < -0.4 is 4.74 Å². The molecule has 7 unspecified atom stereocenters. The molecule has 0 radical (unpaired) electrons. The molecule has 0 aromatic heterocycles. The molecule has 7 rings (SSSR count). The summed E-state index contributed by atoms with van der Waals surface area (Å²) in [4.78, 5) is 17.1. The maximum absolute atomic E-state index is 13.2. The molecule has 0 saturated heterocycles. The number of benzene rings is 3. The Labute approximate surface area is 205 Å². The zero-order valence-electron chi connectivity index (χ0n) is 19.4. The summed E-state index contributed by atoms with van der Waals surface area (Å²) in [5, 5.41) is 0. The Morgan fingerprint density at radius 3 is 1.88 bits per heavy atom. The molecule has 7 atom stereocenters. The normalized spacial score (nSPS) is 32.8. The summed E-state index contributed by atoms with van der Waals surface area (Å²) in [6.07, 6.45) is 6.64. The number of carbonyl (C=O) groups excluding carboxylic acids is 1. The van der Waals surface area contributed by atoms with Crippen molar-refractivity contribution in [1.29, 1.82) is 0 Å². The summed E-state index contributed by atoms with van der Waals surface area (Å²) in [6.45, 7) is 0. The van der Waals surface area contributed by atoms with Crippen molar-refractivity contribution in [2.45, 2.75) is 46.8 Å². The van der Waals surface area contributed by atoms with E-state index >= 15 is 0 Å². The second-order valence-corrected chi connectivity index (χ2v) is 12.8. The van der Waals surface area contributed by atoms with Gasteiger partial charge in [0.1, 0.15) is 5.75 Å². The third-order valence-corrected chi connectivity index (χ3v) is 11.5. The average molecular weight is 468 g/mol. The molecular formula is C31H31O2S+. The van der Waals surface area contributed by atoms with E-state index in [1.165, 1.54) is 40.4 Å². The number of hydrogen-bond donors (Lipinski definition) is 0. The van der Waals surface area contributed by atoms with E-state index in [1.807, 2.05) is 12.1 Å². The lowest BCUT2D eigenvalue weighted by molar-refractivity contribution is -0.142. The number of esters is 1. The van der Waals surface area contributed by atoms with Crippen molar-refractivity contribution in [3.8, 4) is 5.75 Å². The van der Waals surface area contributed by atoms with Gasteiger partial charge in [-0.25, -0.2) is 0 Å². The molecule has 4 saturated carbocycles. The minimum absolute atomic E-state index is 0.0200. The first kappa shape index (κ1) is 20.8. The Kier molecular flexibility index (Phi) is 5.08. The summed E-state index contributed by atoms with van der Waals surface area (Å²) in [7, 11) is -0.184. The van der Waals surface area contributed by atoms with Gasteiger partial charge in [0.15, 0.2) is 14.7 Å². The van der Waals surface area contributed by atoms with Crippen LogP contribution in [0.25, 0.3) is 0 Å². The fraction of sp³-hybridized carbons (Fsp3) is 0.387. The van der Waals surface area contributed by atoms with Crippen LogP contribution in [0.2, 0.25) is 0 Å². The largest absolute Gasteiger partial charge is 0.426 e. The highest BCUT2D eigenvalue weighted by molar-refractivity contribution is 7.97. The third kappa shape index (κ3) is 3.35. The van der Waals surface area contributed by atoms with Crippen molar-refractivity contribution in [1.82, 2.24) is 0 Å². The van der Waals surface area contributed by atoms with E-state index < -0.39 is 0 Å². The topological polar surface area (TPSA) is 26.3 Å². The van der Waals surface area contributed by atoms with Crippen LogP contribution in [0.3, 0.4) is 0 Å². The molecule has 4 aliphatic rings. The average Bonchev–Trinajstić information content (AvgIpc) is 3.67. The first-order valence-corrected chi connectivity index (χ1v) is 14.1. The van der Waals surface area contributed by atoms with Crippen LogP contribution >= 0.6 is 0 Å². The molecule has 0 heterocycles. The quantitative estimate of drug-likeness (QED) is 0.175. The van der Waals surface area contributed by atoms with Crippen molar-refractivity contribution in [3.63, 3.8) is 0 Å². The van der Waals surface area contributed by atoms with Gasteiger partial charge < -0.3 is 4.74 Å². The minimum atomic E-state index is -0.184. The van der Waals surface area contributed by atoms with Crippen LogP contribution in [-0.2, 0) is 15.7 Å². The maximum atomic E-state index is 13.2. The van der Waals surface area contributed by atoms with E-state index in [0.29, 0.717) is 11.7 Å². The highest BCUT2D eigenvalue weighted by Gasteiger charge is 2.63. The highest BCUT2D eigenvalue weighted by atomic mass is 32.2. The van der Waals surface area contributed by atoms with Gasteiger partial charge in [0, 0.05) is 0 Å². The minimum Gasteiger partial charge on any atom is -0.426 e. The van der Waals surface area contributed by atoms with E-state index in [9.17, 15) is 4.79 Å². The molecule has 0 aliphatic heterocycles. The Balaban J connectivity index is 1.09. The van der Waals surface area contributed by atoms with E-state index in [2.05, 4.69) is 72.8 Å². The molecule has 0 N–H and O–H groups in total. The van der Waals surface area contributed by atoms with Gasteiger partial charge in [0.05, 0.1) is 16.8 Å². The molecule has 172 valence electrons. The van der Waals surface area contributed by atoms with Gasteiger partial charge in [-0.05, 0) is 116 Å². The number of rotatable bonds is 5. The van der Waals surface area contributed by atoms with Crippen molar-refractivity contribution in [3.05, 3.63) is 84.9 Å². The lowest BCUT2D eigenvalue weighted by atomic mass is 9.67.